The second kappa shape index (κ2) is 7.45. The summed E-state index contributed by atoms with van der Waals surface area (Å²) >= 11 is 0. The van der Waals surface area contributed by atoms with Crippen molar-refractivity contribution in [1.82, 2.24) is 9.88 Å². The molecule has 0 spiro atoms. The van der Waals surface area contributed by atoms with Crippen LogP contribution in [0.4, 0.5) is 0 Å². The highest BCUT2D eigenvalue weighted by molar-refractivity contribution is 5.75. The Bertz CT molecular complexity index is 454. The topological polar surface area (TPSA) is 71.3 Å². The van der Waals surface area contributed by atoms with Crippen molar-refractivity contribution in [2.24, 2.45) is 0 Å². The Kier molecular flexibility index (Phi) is 5.87. The molecule has 1 unspecified atom stereocenters. The van der Waals surface area contributed by atoms with Gasteiger partial charge in [-0.2, -0.15) is 0 Å². The summed E-state index contributed by atoms with van der Waals surface area (Å²) in [6.45, 7) is 3.83. The number of aliphatic hydroxyl groups is 1. The van der Waals surface area contributed by atoms with Crippen molar-refractivity contribution in [2.45, 2.75) is 25.5 Å². The summed E-state index contributed by atoms with van der Waals surface area (Å²) in [6, 6.07) is 4.79. The van der Waals surface area contributed by atoms with E-state index in [2.05, 4.69) is 11.9 Å². The lowest BCUT2D eigenvalue weighted by Gasteiger charge is -2.13. The van der Waals surface area contributed by atoms with Gasteiger partial charge in [0.2, 0.25) is 5.91 Å². The highest BCUT2D eigenvalue weighted by Gasteiger charge is 2.07. The first kappa shape index (κ1) is 14.2. The van der Waals surface area contributed by atoms with Gasteiger partial charge in [-0.3, -0.25) is 9.59 Å². The quantitative estimate of drug-likeness (QED) is 0.683. The molecule has 1 atom stereocenters. The largest absolute Gasteiger partial charge is 0.389 e. The SMILES string of the molecule is C=CCCC(=O)NCC(O)Cn1ccccc1=O. The molecule has 0 saturated heterocycles. The number of nitrogens with one attached hydrogen (secondary N) is 1. The second-order valence-electron chi connectivity index (χ2n) is 3.98. The highest BCUT2D eigenvalue weighted by atomic mass is 16.3. The Hall–Kier alpha value is -1.88. The summed E-state index contributed by atoms with van der Waals surface area (Å²) in [5, 5.41) is 12.3. The van der Waals surface area contributed by atoms with Gasteiger partial charge in [0.15, 0.2) is 0 Å². The predicted molar refractivity (Wildman–Crippen MR) is 69.1 cm³/mol. The van der Waals surface area contributed by atoms with Gasteiger partial charge in [-0.05, 0) is 12.5 Å². The number of carbonyl (C=O) groups excluding carboxylic acids is 1. The number of rotatable bonds is 7. The molecule has 1 aromatic rings. The average Bonchev–Trinajstić information content (AvgIpc) is 2.36. The number of hydrogen-bond acceptors (Lipinski definition) is 3. The molecule has 98 valence electrons. The summed E-state index contributed by atoms with van der Waals surface area (Å²) in [4.78, 5) is 22.7. The Morgan fingerprint density at radius 2 is 2.33 bits per heavy atom. The maximum Gasteiger partial charge on any atom is 0.250 e. The lowest BCUT2D eigenvalue weighted by molar-refractivity contribution is -0.121. The molecule has 0 fully saturated rings. The van der Waals surface area contributed by atoms with E-state index in [1.807, 2.05) is 0 Å². The van der Waals surface area contributed by atoms with Crippen LogP contribution in [0.25, 0.3) is 0 Å². The minimum atomic E-state index is -0.780. The average molecular weight is 250 g/mol. The van der Waals surface area contributed by atoms with Crippen LogP contribution < -0.4 is 10.9 Å². The Balaban J connectivity index is 2.36. The van der Waals surface area contributed by atoms with Crippen molar-refractivity contribution in [3.63, 3.8) is 0 Å². The molecule has 0 aliphatic carbocycles. The normalized spacial score (nSPS) is 11.8. The van der Waals surface area contributed by atoms with E-state index in [9.17, 15) is 14.7 Å². The van der Waals surface area contributed by atoms with Crippen LogP contribution in [0, 0.1) is 0 Å². The van der Waals surface area contributed by atoms with Crippen molar-refractivity contribution in [3.8, 4) is 0 Å². The molecule has 1 aromatic heterocycles. The molecule has 1 amide bonds. The van der Waals surface area contributed by atoms with E-state index >= 15 is 0 Å². The number of pyridine rings is 1. The fraction of sp³-hybridized carbons (Fsp3) is 0.385. The molecular weight excluding hydrogens is 232 g/mol. The minimum absolute atomic E-state index is 0.130. The molecule has 0 aliphatic rings. The van der Waals surface area contributed by atoms with Crippen LogP contribution >= 0.6 is 0 Å². The smallest absolute Gasteiger partial charge is 0.250 e. The zero-order valence-electron chi connectivity index (χ0n) is 10.2. The van der Waals surface area contributed by atoms with Crippen LogP contribution in [-0.2, 0) is 11.3 Å². The monoisotopic (exact) mass is 250 g/mol. The van der Waals surface area contributed by atoms with E-state index < -0.39 is 6.10 Å². The van der Waals surface area contributed by atoms with Crippen molar-refractivity contribution in [3.05, 3.63) is 47.4 Å². The first-order valence-corrected chi connectivity index (χ1v) is 5.84. The lowest BCUT2D eigenvalue weighted by atomic mass is 10.3. The molecule has 18 heavy (non-hydrogen) atoms. The zero-order chi connectivity index (χ0) is 13.4. The third kappa shape index (κ3) is 4.97. The van der Waals surface area contributed by atoms with E-state index in [1.165, 1.54) is 10.6 Å². The van der Waals surface area contributed by atoms with Crippen molar-refractivity contribution in [2.75, 3.05) is 6.54 Å². The molecule has 0 saturated carbocycles. The number of aliphatic hydroxyl groups excluding tert-OH is 1. The second-order valence-corrected chi connectivity index (χ2v) is 3.98. The van der Waals surface area contributed by atoms with E-state index in [-0.39, 0.29) is 24.6 Å². The third-order valence-corrected chi connectivity index (χ3v) is 2.42. The van der Waals surface area contributed by atoms with E-state index in [0.717, 1.165) is 0 Å². The molecule has 1 rings (SSSR count). The van der Waals surface area contributed by atoms with Crippen molar-refractivity contribution < 1.29 is 9.90 Å². The summed E-state index contributed by atoms with van der Waals surface area (Å²) in [7, 11) is 0. The maximum atomic E-state index is 11.4. The number of hydrogen-bond donors (Lipinski definition) is 2. The number of allylic oxidation sites excluding steroid dienone is 1. The van der Waals surface area contributed by atoms with Gasteiger partial charge in [0, 0.05) is 25.2 Å². The van der Waals surface area contributed by atoms with Crippen LogP contribution in [-0.4, -0.2) is 28.2 Å². The van der Waals surface area contributed by atoms with E-state index in [1.54, 1.807) is 24.4 Å². The van der Waals surface area contributed by atoms with Crippen LogP contribution in [0.1, 0.15) is 12.8 Å². The zero-order valence-corrected chi connectivity index (χ0v) is 10.2. The van der Waals surface area contributed by atoms with Crippen LogP contribution in [0.15, 0.2) is 41.8 Å². The van der Waals surface area contributed by atoms with Gasteiger partial charge >= 0.3 is 0 Å². The predicted octanol–water partition coefficient (Wildman–Crippen LogP) is 0.292. The molecule has 5 heteroatoms. The Labute approximate surface area is 106 Å². The molecule has 0 bridgehead atoms. The lowest BCUT2D eigenvalue weighted by Crippen LogP contribution is -2.36. The summed E-state index contributed by atoms with van der Waals surface area (Å²) < 4.78 is 1.40. The Morgan fingerprint density at radius 3 is 3.00 bits per heavy atom. The van der Waals surface area contributed by atoms with Crippen molar-refractivity contribution >= 4 is 5.91 Å². The number of amides is 1. The minimum Gasteiger partial charge on any atom is -0.389 e. The first-order chi connectivity index (χ1) is 8.63. The molecule has 0 aromatic carbocycles. The molecule has 1 heterocycles. The molecule has 0 aliphatic heterocycles. The van der Waals surface area contributed by atoms with E-state index in [0.29, 0.717) is 12.8 Å². The summed E-state index contributed by atoms with van der Waals surface area (Å²) in [5.41, 5.74) is -0.172. The highest BCUT2D eigenvalue weighted by Crippen LogP contribution is 1.91. The van der Waals surface area contributed by atoms with E-state index in [4.69, 9.17) is 0 Å². The first-order valence-electron chi connectivity index (χ1n) is 5.84. The number of nitrogens with zero attached hydrogens (tertiary/aromatic N) is 1. The number of carbonyl (C=O) groups is 1. The fourth-order valence-electron chi connectivity index (χ4n) is 1.46. The van der Waals surface area contributed by atoms with Gasteiger partial charge in [0.05, 0.1) is 12.6 Å². The van der Waals surface area contributed by atoms with Gasteiger partial charge in [-0.25, -0.2) is 0 Å². The Morgan fingerprint density at radius 1 is 1.56 bits per heavy atom. The molecule has 2 N–H and O–H groups in total. The molecule has 5 nitrogen and oxygen atoms in total. The van der Waals surface area contributed by atoms with Gasteiger partial charge in [0.1, 0.15) is 0 Å². The third-order valence-electron chi connectivity index (χ3n) is 2.42. The van der Waals surface area contributed by atoms with Gasteiger partial charge in [-0.15, -0.1) is 6.58 Å². The molecular formula is C13H18N2O3. The summed E-state index contributed by atoms with van der Waals surface area (Å²) in [6.07, 6.45) is 3.46. The standard InChI is InChI=1S/C13H18N2O3/c1-2-3-6-12(17)14-9-11(16)10-15-8-5-4-7-13(15)18/h2,4-5,7-8,11,16H,1,3,6,9-10H2,(H,14,17). The summed E-state index contributed by atoms with van der Waals surface area (Å²) in [5.74, 6) is -0.130. The van der Waals surface area contributed by atoms with Crippen LogP contribution in [0.2, 0.25) is 0 Å². The van der Waals surface area contributed by atoms with Gasteiger partial charge < -0.3 is 15.0 Å². The maximum absolute atomic E-state index is 11.4. The van der Waals surface area contributed by atoms with Crippen LogP contribution in [0.5, 0.6) is 0 Å². The number of aromatic nitrogens is 1. The van der Waals surface area contributed by atoms with Crippen molar-refractivity contribution in [1.29, 1.82) is 0 Å². The van der Waals surface area contributed by atoms with Crippen LogP contribution in [0.3, 0.4) is 0 Å². The van der Waals surface area contributed by atoms with Gasteiger partial charge in [0.25, 0.3) is 5.56 Å². The molecule has 0 radical (unpaired) electrons. The fourth-order valence-corrected chi connectivity index (χ4v) is 1.46. The van der Waals surface area contributed by atoms with Gasteiger partial charge in [-0.1, -0.05) is 12.1 Å².